The van der Waals surface area contributed by atoms with Gasteiger partial charge in [-0.25, -0.2) is 8.78 Å². The van der Waals surface area contributed by atoms with Gasteiger partial charge in [-0.05, 0) is 37.8 Å². The third-order valence-electron chi connectivity index (χ3n) is 4.45. The Balaban J connectivity index is 1.70. The predicted octanol–water partition coefficient (Wildman–Crippen LogP) is 3.21. The Morgan fingerprint density at radius 3 is 2.93 bits per heavy atom. The van der Waals surface area contributed by atoms with Crippen molar-refractivity contribution in [3.8, 4) is 0 Å². The molecule has 7 heteroatoms. The van der Waals surface area contributed by atoms with Crippen molar-refractivity contribution in [2.24, 2.45) is 4.99 Å². The molecule has 5 nitrogen and oxygen atoms in total. The van der Waals surface area contributed by atoms with Crippen LogP contribution >= 0.6 is 0 Å². The van der Waals surface area contributed by atoms with Crippen LogP contribution in [0.25, 0.3) is 0 Å². The number of nitrogens with zero attached hydrogens (tertiary/aromatic N) is 1. The number of rotatable bonds is 10. The summed E-state index contributed by atoms with van der Waals surface area (Å²) in [5.74, 6) is -0.551. The van der Waals surface area contributed by atoms with Crippen molar-refractivity contribution >= 4 is 5.96 Å². The second-order valence-corrected chi connectivity index (χ2v) is 6.78. The van der Waals surface area contributed by atoms with Gasteiger partial charge in [-0.2, -0.15) is 0 Å². The Morgan fingerprint density at radius 1 is 1.37 bits per heavy atom. The van der Waals surface area contributed by atoms with Crippen LogP contribution in [-0.2, 0) is 9.47 Å². The maximum atomic E-state index is 13.9. The Labute approximate surface area is 160 Å². The standard InChI is InChI=1S/C20H31F2N3O2/c1-3-23-20(24-9-5-10-26-14-17-6-4-11-27-17)25-13-15(2)18-8-7-16(21)12-19(18)22/h7-8,12,15,17H,3-6,9-11,13-14H2,1-2H3,(H2,23,24,25). The molecule has 1 heterocycles. The fourth-order valence-corrected chi connectivity index (χ4v) is 2.94. The van der Waals surface area contributed by atoms with E-state index in [4.69, 9.17) is 9.47 Å². The number of guanidine groups is 1. The molecule has 2 rings (SSSR count). The van der Waals surface area contributed by atoms with Gasteiger partial charge in [0, 0.05) is 44.8 Å². The molecule has 152 valence electrons. The molecule has 1 aromatic rings. The highest BCUT2D eigenvalue weighted by atomic mass is 19.1. The number of hydrogen-bond donors (Lipinski definition) is 2. The summed E-state index contributed by atoms with van der Waals surface area (Å²) in [7, 11) is 0. The van der Waals surface area contributed by atoms with Crippen LogP contribution in [0.5, 0.6) is 0 Å². The van der Waals surface area contributed by atoms with E-state index in [0.717, 1.165) is 45.0 Å². The van der Waals surface area contributed by atoms with Crippen molar-refractivity contribution in [2.45, 2.75) is 45.1 Å². The van der Waals surface area contributed by atoms with Gasteiger partial charge in [0.1, 0.15) is 11.6 Å². The number of nitrogens with one attached hydrogen (secondary N) is 2. The molecular formula is C20H31F2N3O2. The van der Waals surface area contributed by atoms with E-state index < -0.39 is 11.6 Å². The van der Waals surface area contributed by atoms with Crippen LogP contribution < -0.4 is 10.6 Å². The molecule has 1 aliphatic rings. The van der Waals surface area contributed by atoms with Gasteiger partial charge < -0.3 is 20.1 Å². The number of ether oxygens (including phenoxy) is 2. The Hall–Kier alpha value is -1.73. The molecule has 0 spiro atoms. The summed E-state index contributed by atoms with van der Waals surface area (Å²) < 4.78 is 38.1. The summed E-state index contributed by atoms with van der Waals surface area (Å²) in [6.07, 6.45) is 3.32. The average molecular weight is 383 g/mol. The second-order valence-electron chi connectivity index (χ2n) is 6.78. The lowest BCUT2D eigenvalue weighted by Gasteiger charge is -2.15. The number of halogens is 2. The number of aliphatic imine (C=N–C) groups is 1. The molecule has 2 N–H and O–H groups in total. The van der Waals surface area contributed by atoms with Crippen molar-refractivity contribution in [1.29, 1.82) is 0 Å². The summed E-state index contributed by atoms with van der Waals surface area (Å²) in [5, 5.41) is 6.43. The van der Waals surface area contributed by atoms with Gasteiger partial charge >= 0.3 is 0 Å². The highest BCUT2D eigenvalue weighted by Gasteiger charge is 2.15. The van der Waals surface area contributed by atoms with Crippen molar-refractivity contribution in [3.63, 3.8) is 0 Å². The van der Waals surface area contributed by atoms with Gasteiger partial charge in [-0.3, -0.25) is 4.99 Å². The van der Waals surface area contributed by atoms with Crippen LogP contribution in [0.3, 0.4) is 0 Å². The van der Waals surface area contributed by atoms with Crippen molar-refractivity contribution in [3.05, 3.63) is 35.4 Å². The van der Waals surface area contributed by atoms with Crippen LogP contribution in [-0.4, -0.2) is 51.5 Å². The molecule has 1 aromatic carbocycles. The monoisotopic (exact) mass is 383 g/mol. The van der Waals surface area contributed by atoms with Gasteiger partial charge in [-0.15, -0.1) is 0 Å². The lowest BCUT2D eigenvalue weighted by molar-refractivity contribution is 0.0168. The topological polar surface area (TPSA) is 54.9 Å². The predicted molar refractivity (Wildman–Crippen MR) is 103 cm³/mol. The zero-order valence-corrected chi connectivity index (χ0v) is 16.3. The summed E-state index contributed by atoms with van der Waals surface area (Å²) in [6.45, 7) is 7.93. The number of benzene rings is 1. The first-order chi connectivity index (χ1) is 13.1. The van der Waals surface area contributed by atoms with Gasteiger partial charge in [0.05, 0.1) is 12.7 Å². The molecular weight excluding hydrogens is 352 g/mol. The molecule has 1 saturated heterocycles. The molecule has 2 unspecified atom stereocenters. The van der Waals surface area contributed by atoms with Crippen molar-refractivity contribution in [1.82, 2.24) is 10.6 Å². The van der Waals surface area contributed by atoms with Crippen LogP contribution in [0.2, 0.25) is 0 Å². The SMILES string of the molecule is CCNC(=NCC(C)c1ccc(F)cc1F)NCCCOCC1CCCO1. The van der Waals surface area contributed by atoms with Gasteiger partial charge in [-0.1, -0.05) is 13.0 Å². The molecule has 1 fully saturated rings. The quantitative estimate of drug-likeness (QED) is 0.370. The normalized spacial score (nSPS) is 18.5. The van der Waals surface area contributed by atoms with Crippen LogP contribution in [0.4, 0.5) is 8.78 Å². The van der Waals surface area contributed by atoms with Gasteiger partial charge in [0.25, 0.3) is 0 Å². The second kappa shape index (κ2) is 11.9. The molecule has 0 amide bonds. The van der Waals surface area contributed by atoms with Crippen LogP contribution in [0.15, 0.2) is 23.2 Å². The Bertz CT molecular complexity index is 593. The van der Waals surface area contributed by atoms with Crippen LogP contribution in [0.1, 0.15) is 44.6 Å². The van der Waals surface area contributed by atoms with Crippen LogP contribution in [0, 0.1) is 11.6 Å². The molecule has 27 heavy (non-hydrogen) atoms. The molecule has 0 saturated carbocycles. The maximum absolute atomic E-state index is 13.9. The highest BCUT2D eigenvalue weighted by Crippen LogP contribution is 2.20. The molecule has 1 aliphatic heterocycles. The first kappa shape index (κ1) is 21.6. The minimum Gasteiger partial charge on any atom is -0.379 e. The van der Waals surface area contributed by atoms with E-state index in [9.17, 15) is 8.78 Å². The minimum atomic E-state index is -0.566. The molecule has 0 aliphatic carbocycles. The summed E-state index contributed by atoms with van der Waals surface area (Å²) in [4.78, 5) is 4.51. The highest BCUT2D eigenvalue weighted by molar-refractivity contribution is 5.79. The third-order valence-corrected chi connectivity index (χ3v) is 4.45. The summed E-state index contributed by atoms with van der Waals surface area (Å²) >= 11 is 0. The van der Waals surface area contributed by atoms with E-state index in [-0.39, 0.29) is 12.0 Å². The Kier molecular flexibility index (Phi) is 9.48. The molecule has 0 aromatic heterocycles. The zero-order valence-electron chi connectivity index (χ0n) is 16.3. The summed E-state index contributed by atoms with van der Waals surface area (Å²) in [6, 6.07) is 3.67. The van der Waals surface area contributed by atoms with E-state index in [1.54, 1.807) is 0 Å². The lowest BCUT2D eigenvalue weighted by atomic mass is 10.0. The van der Waals surface area contributed by atoms with Crippen molar-refractivity contribution < 1.29 is 18.3 Å². The Morgan fingerprint density at radius 2 is 2.22 bits per heavy atom. The van der Waals surface area contributed by atoms with E-state index in [1.165, 1.54) is 12.1 Å². The third kappa shape index (κ3) is 7.81. The molecule has 0 bridgehead atoms. The van der Waals surface area contributed by atoms with Gasteiger partial charge in [0.15, 0.2) is 5.96 Å². The fraction of sp³-hybridized carbons (Fsp3) is 0.650. The van der Waals surface area contributed by atoms with E-state index in [1.807, 2.05) is 13.8 Å². The molecule has 0 radical (unpaired) electrons. The van der Waals surface area contributed by atoms with Crippen molar-refractivity contribution in [2.75, 3.05) is 39.5 Å². The first-order valence-corrected chi connectivity index (χ1v) is 9.76. The lowest BCUT2D eigenvalue weighted by Crippen LogP contribution is -2.38. The first-order valence-electron chi connectivity index (χ1n) is 9.76. The average Bonchev–Trinajstić information content (AvgIpc) is 3.15. The summed E-state index contributed by atoms with van der Waals surface area (Å²) in [5.41, 5.74) is 0.471. The zero-order chi connectivity index (χ0) is 19.5. The smallest absolute Gasteiger partial charge is 0.191 e. The largest absolute Gasteiger partial charge is 0.379 e. The van der Waals surface area contributed by atoms with Gasteiger partial charge in [0.2, 0.25) is 0 Å². The maximum Gasteiger partial charge on any atom is 0.191 e. The number of hydrogen-bond acceptors (Lipinski definition) is 3. The fourth-order valence-electron chi connectivity index (χ4n) is 2.94. The van der Waals surface area contributed by atoms with E-state index in [2.05, 4.69) is 15.6 Å². The van der Waals surface area contributed by atoms with E-state index >= 15 is 0 Å². The van der Waals surface area contributed by atoms with E-state index in [0.29, 0.717) is 31.3 Å². The molecule has 2 atom stereocenters. The minimum absolute atomic E-state index is 0.143.